The molecule has 1 aliphatic rings. The van der Waals surface area contributed by atoms with Crippen LogP contribution in [0.25, 0.3) is 0 Å². The maximum atomic E-state index is 13.3. The molecule has 0 aliphatic carbocycles. The summed E-state index contributed by atoms with van der Waals surface area (Å²) in [6.45, 7) is 0.187. The number of aromatic nitrogens is 1. The molecule has 0 bridgehead atoms. The predicted molar refractivity (Wildman–Crippen MR) is 118 cm³/mol. The first-order valence-corrected chi connectivity index (χ1v) is 10.2. The molecule has 1 atom stereocenters. The van der Waals surface area contributed by atoms with E-state index in [1.165, 1.54) is 4.90 Å². The number of aromatic hydroxyl groups is 1. The standard InChI is InChI=1S/C24H21N3O6/c28-20-17(24(32)33)13-26-14-18(22(30)25-11-15-7-3-1-4-8-15)27(23(31)19(26)21(20)29)12-16-9-5-2-6-10-16/h1-10,13,18,29H,11-12,14H2,(H,25,30)(H,32,33). The summed E-state index contributed by atoms with van der Waals surface area (Å²) in [5.74, 6) is -3.66. The van der Waals surface area contributed by atoms with Crippen LogP contribution in [0.1, 0.15) is 32.0 Å². The number of carboxylic acids is 1. The highest BCUT2D eigenvalue weighted by atomic mass is 16.4. The van der Waals surface area contributed by atoms with Crippen molar-refractivity contribution in [3.63, 3.8) is 0 Å². The molecule has 2 amide bonds. The van der Waals surface area contributed by atoms with Gasteiger partial charge in [-0.05, 0) is 11.1 Å². The average Bonchev–Trinajstić information content (AvgIpc) is 2.82. The van der Waals surface area contributed by atoms with Gasteiger partial charge in [0.05, 0.1) is 6.54 Å². The second-order valence-electron chi connectivity index (χ2n) is 7.66. The van der Waals surface area contributed by atoms with E-state index < -0.39 is 40.6 Å². The molecule has 2 heterocycles. The van der Waals surface area contributed by atoms with E-state index in [2.05, 4.69) is 5.32 Å². The maximum absolute atomic E-state index is 13.3. The van der Waals surface area contributed by atoms with Crippen molar-refractivity contribution in [1.82, 2.24) is 14.8 Å². The quantitative estimate of drug-likeness (QED) is 0.526. The van der Waals surface area contributed by atoms with E-state index in [1.54, 1.807) is 24.3 Å². The van der Waals surface area contributed by atoms with Gasteiger partial charge in [-0.25, -0.2) is 4.79 Å². The van der Waals surface area contributed by atoms with E-state index >= 15 is 0 Å². The number of benzene rings is 2. The third-order valence-corrected chi connectivity index (χ3v) is 5.50. The molecule has 168 valence electrons. The highest BCUT2D eigenvalue weighted by molar-refractivity contribution is 6.00. The molecule has 4 rings (SSSR count). The number of carbonyl (C=O) groups excluding carboxylic acids is 2. The molecule has 0 radical (unpaired) electrons. The Labute approximate surface area is 188 Å². The van der Waals surface area contributed by atoms with Gasteiger partial charge in [0.15, 0.2) is 11.4 Å². The molecule has 2 aromatic carbocycles. The second kappa shape index (κ2) is 8.99. The monoisotopic (exact) mass is 447 g/mol. The number of hydrogen-bond donors (Lipinski definition) is 3. The fourth-order valence-electron chi connectivity index (χ4n) is 3.82. The number of carbonyl (C=O) groups is 3. The van der Waals surface area contributed by atoms with Crippen molar-refractivity contribution in [1.29, 1.82) is 0 Å². The molecule has 1 aromatic heterocycles. The minimum Gasteiger partial charge on any atom is -0.503 e. The Morgan fingerprint density at radius 2 is 1.58 bits per heavy atom. The summed E-state index contributed by atoms with van der Waals surface area (Å²) < 4.78 is 1.16. The molecule has 0 spiro atoms. The molecule has 3 aromatic rings. The Hall–Kier alpha value is -4.40. The summed E-state index contributed by atoms with van der Waals surface area (Å²) in [6, 6.07) is 17.3. The van der Waals surface area contributed by atoms with Crippen molar-refractivity contribution in [2.75, 3.05) is 0 Å². The van der Waals surface area contributed by atoms with E-state index in [0.29, 0.717) is 0 Å². The van der Waals surface area contributed by atoms with Crippen LogP contribution in [0, 0.1) is 0 Å². The fraction of sp³-hybridized carbons (Fsp3) is 0.167. The third kappa shape index (κ3) is 4.33. The fourth-order valence-corrected chi connectivity index (χ4v) is 3.82. The Kier molecular flexibility index (Phi) is 5.95. The molecule has 3 N–H and O–H groups in total. The number of hydrogen-bond acceptors (Lipinski definition) is 5. The summed E-state index contributed by atoms with van der Waals surface area (Å²) in [7, 11) is 0. The minimum absolute atomic E-state index is 0.0669. The Balaban J connectivity index is 1.71. The number of carboxylic acid groups (broad SMARTS) is 1. The zero-order valence-corrected chi connectivity index (χ0v) is 17.5. The first kappa shape index (κ1) is 21.8. The molecule has 0 saturated carbocycles. The lowest BCUT2D eigenvalue weighted by Crippen LogP contribution is -2.55. The van der Waals surface area contributed by atoms with E-state index in [4.69, 9.17) is 0 Å². The molecular formula is C24H21N3O6. The van der Waals surface area contributed by atoms with Gasteiger partial charge >= 0.3 is 5.97 Å². The summed E-state index contributed by atoms with van der Waals surface area (Å²) in [5, 5.41) is 22.5. The molecule has 1 aliphatic heterocycles. The number of amides is 2. The van der Waals surface area contributed by atoms with E-state index in [1.807, 2.05) is 36.4 Å². The van der Waals surface area contributed by atoms with Crippen LogP contribution in [0.2, 0.25) is 0 Å². The molecule has 9 nitrogen and oxygen atoms in total. The van der Waals surface area contributed by atoms with Crippen LogP contribution in [0.5, 0.6) is 5.75 Å². The van der Waals surface area contributed by atoms with Crippen LogP contribution in [-0.4, -0.2) is 43.5 Å². The summed E-state index contributed by atoms with van der Waals surface area (Å²) >= 11 is 0. The lowest BCUT2D eigenvalue weighted by molar-refractivity contribution is -0.126. The van der Waals surface area contributed by atoms with Crippen LogP contribution in [0.3, 0.4) is 0 Å². The maximum Gasteiger partial charge on any atom is 0.341 e. The molecule has 0 saturated heterocycles. The van der Waals surface area contributed by atoms with Gasteiger partial charge in [0, 0.05) is 19.3 Å². The number of nitrogens with one attached hydrogen (secondary N) is 1. The van der Waals surface area contributed by atoms with Crippen LogP contribution >= 0.6 is 0 Å². The number of fused-ring (bicyclic) bond motifs is 1. The number of rotatable bonds is 6. The van der Waals surface area contributed by atoms with Crippen LogP contribution in [0.4, 0.5) is 0 Å². The summed E-state index contributed by atoms with van der Waals surface area (Å²) in [4.78, 5) is 51.5. The average molecular weight is 447 g/mol. The van der Waals surface area contributed by atoms with Gasteiger partial charge in [-0.1, -0.05) is 60.7 Å². The minimum atomic E-state index is -1.53. The van der Waals surface area contributed by atoms with Gasteiger partial charge in [-0.2, -0.15) is 0 Å². The zero-order valence-electron chi connectivity index (χ0n) is 17.5. The van der Waals surface area contributed by atoms with Gasteiger partial charge in [0.2, 0.25) is 11.3 Å². The molecule has 1 unspecified atom stereocenters. The van der Waals surface area contributed by atoms with Crippen molar-refractivity contribution in [2.24, 2.45) is 0 Å². The van der Waals surface area contributed by atoms with Gasteiger partial charge < -0.3 is 25.0 Å². The first-order valence-electron chi connectivity index (χ1n) is 10.2. The second-order valence-corrected chi connectivity index (χ2v) is 7.66. The Bertz CT molecular complexity index is 1270. The third-order valence-electron chi connectivity index (χ3n) is 5.50. The van der Waals surface area contributed by atoms with Crippen molar-refractivity contribution < 1.29 is 24.6 Å². The van der Waals surface area contributed by atoms with Crippen molar-refractivity contribution in [2.45, 2.75) is 25.7 Å². The van der Waals surface area contributed by atoms with Crippen LogP contribution in [-0.2, 0) is 24.4 Å². The van der Waals surface area contributed by atoms with E-state index in [-0.39, 0.29) is 25.3 Å². The SMILES string of the molecule is O=C(O)c1cn2c(c(O)c1=O)C(=O)N(Cc1ccccc1)C(C(=O)NCc1ccccc1)C2. The first-order chi connectivity index (χ1) is 15.9. The molecule has 0 fully saturated rings. The molecule has 9 heteroatoms. The molecule has 33 heavy (non-hydrogen) atoms. The lowest BCUT2D eigenvalue weighted by Gasteiger charge is -2.37. The summed E-state index contributed by atoms with van der Waals surface area (Å²) in [5.41, 5.74) is -0.535. The van der Waals surface area contributed by atoms with Gasteiger partial charge in [0.1, 0.15) is 11.6 Å². The van der Waals surface area contributed by atoms with Crippen LogP contribution < -0.4 is 10.7 Å². The normalized spacial score (nSPS) is 15.1. The van der Waals surface area contributed by atoms with Crippen molar-refractivity contribution in [3.8, 4) is 5.75 Å². The van der Waals surface area contributed by atoms with Crippen molar-refractivity contribution >= 4 is 17.8 Å². The Morgan fingerprint density at radius 3 is 2.18 bits per heavy atom. The van der Waals surface area contributed by atoms with E-state index in [9.17, 15) is 29.4 Å². The van der Waals surface area contributed by atoms with E-state index in [0.717, 1.165) is 21.9 Å². The predicted octanol–water partition coefficient (Wildman–Crippen LogP) is 1.59. The van der Waals surface area contributed by atoms with Crippen LogP contribution in [0.15, 0.2) is 71.7 Å². The largest absolute Gasteiger partial charge is 0.503 e. The highest BCUT2D eigenvalue weighted by Gasteiger charge is 2.39. The van der Waals surface area contributed by atoms with Crippen molar-refractivity contribution in [3.05, 3.63) is 99.5 Å². The van der Waals surface area contributed by atoms with Gasteiger partial charge in [-0.15, -0.1) is 0 Å². The summed E-state index contributed by atoms with van der Waals surface area (Å²) in [6.07, 6.45) is 0.995. The Morgan fingerprint density at radius 1 is 0.970 bits per heavy atom. The number of aromatic carboxylic acids is 1. The van der Waals surface area contributed by atoms with Gasteiger partial charge in [0.25, 0.3) is 5.91 Å². The number of pyridine rings is 1. The highest BCUT2D eigenvalue weighted by Crippen LogP contribution is 2.25. The lowest BCUT2D eigenvalue weighted by atomic mass is 10.1. The topological polar surface area (TPSA) is 129 Å². The van der Waals surface area contributed by atoms with Gasteiger partial charge in [-0.3, -0.25) is 14.4 Å². The smallest absolute Gasteiger partial charge is 0.341 e. The zero-order chi connectivity index (χ0) is 23.5. The molecular weight excluding hydrogens is 426 g/mol. The number of nitrogens with zero attached hydrogens (tertiary/aromatic N) is 2.